The van der Waals surface area contributed by atoms with E-state index in [1.807, 2.05) is 13.0 Å². The fourth-order valence-electron chi connectivity index (χ4n) is 1.16. The summed E-state index contributed by atoms with van der Waals surface area (Å²) in [5.74, 6) is -0.216. The molecule has 80 valence electrons. The number of nitrogens with zero attached hydrogens (tertiary/aromatic N) is 3. The Hall–Kier alpha value is -1.52. The van der Waals surface area contributed by atoms with Crippen molar-refractivity contribution < 1.29 is 4.79 Å². The zero-order chi connectivity index (χ0) is 11.7. The minimum Gasteiger partial charge on any atom is -0.286 e. The van der Waals surface area contributed by atoms with Crippen molar-refractivity contribution in [2.24, 2.45) is 0 Å². The zero-order valence-electron chi connectivity index (χ0n) is 8.11. The van der Waals surface area contributed by atoms with Gasteiger partial charge in [-0.15, -0.1) is 11.3 Å². The predicted octanol–water partition coefficient (Wildman–Crippen LogP) is 2.04. The smallest absolute Gasteiger partial charge is 0.223 e. The third-order valence-corrected chi connectivity index (χ3v) is 3.64. The van der Waals surface area contributed by atoms with Crippen LogP contribution in [0.4, 0.5) is 0 Å². The fourth-order valence-corrected chi connectivity index (χ4v) is 2.73. The number of rotatable bonds is 2. The second-order valence-electron chi connectivity index (χ2n) is 2.96. The molecule has 1 N–H and O–H groups in total. The number of nitriles is 1. The first-order chi connectivity index (χ1) is 7.61. The van der Waals surface area contributed by atoms with E-state index in [4.69, 9.17) is 5.26 Å². The van der Waals surface area contributed by atoms with E-state index in [0.717, 1.165) is 5.01 Å². The Kier molecular flexibility index (Phi) is 2.85. The monoisotopic (exact) mass is 296 g/mol. The molecule has 0 aromatic carbocycles. The third kappa shape index (κ3) is 1.89. The van der Waals surface area contributed by atoms with E-state index >= 15 is 0 Å². The first kappa shape index (κ1) is 11.0. The SMILES string of the molecule is Cc1nc(Br)c(C(=O)c2cc(C#N)n[nH]2)s1. The van der Waals surface area contributed by atoms with Crippen LogP contribution in [0, 0.1) is 18.3 Å². The minimum absolute atomic E-state index is 0.195. The number of carbonyl (C=O) groups excluding carboxylic acids is 1. The maximum absolute atomic E-state index is 12.0. The Labute approximate surface area is 103 Å². The molecule has 0 radical (unpaired) electrons. The molecule has 0 aliphatic carbocycles. The van der Waals surface area contributed by atoms with Gasteiger partial charge in [-0.05, 0) is 22.9 Å². The highest BCUT2D eigenvalue weighted by Gasteiger charge is 2.18. The first-order valence-corrected chi connectivity index (χ1v) is 5.86. The van der Waals surface area contributed by atoms with Crippen molar-refractivity contribution in [1.82, 2.24) is 15.2 Å². The van der Waals surface area contributed by atoms with Crippen molar-refractivity contribution in [2.75, 3.05) is 0 Å². The van der Waals surface area contributed by atoms with Gasteiger partial charge in [-0.3, -0.25) is 9.89 Å². The number of halogens is 1. The van der Waals surface area contributed by atoms with E-state index < -0.39 is 0 Å². The second kappa shape index (κ2) is 4.15. The Morgan fingerprint density at radius 1 is 1.69 bits per heavy atom. The zero-order valence-corrected chi connectivity index (χ0v) is 10.5. The normalized spacial score (nSPS) is 10.1. The van der Waals surface area contributed by atoms with Gasteiger partial charge in [-0.1, -0.05) is 0 Å². The number of hydrogen-bond donors (Lipinski definition) is 1. The fraction of sp³-hybridized carbons (Fsp3) is 0.111. The highest BCUT2D eigenvalue weighted by Crippen LogP contribution is 2.25. The molecule has 16 heavy (non-hydrogen) atoms. The number of aromatic amines is 1. The van der Waals surface area contributed by atoms with Crippen molar-refractivity contribution in [1.29, 1.82) is 5.26 Å². The van der Waals surface area contributed by atoms with Crippen LogP contribution in [0.5, 0.6) is 0 Å². The van der Waals surface area contributed by atoms with Crippen molar-refractivity contribution in [3.05, 3.63) is 31.9 Å². The number of nitrogens with one attached hydrogen (secondary N) is 1. The van der Waals surface area contributed by atoms with Crippen LogP contribution in [0.25, 0.3) is 0 Å². The van der Waals surface area contributed by atoms with Crippen LogP contribution in [0.2, 0.25) is 0 Å². The molecule has 0 aliphatic rings. The summed E-state index contributed by atoms with van der Waals surface area (Å²) in [4.78, 5) is 16.6. The molecular weight excluding hydrogens is 292 g/mol. The van der Waals surface area contributed by atoms with E-state index in [2.05, 4.69) is 31.1 Å². The van der Waals surface area contributed by atoms with Gasteiger partial charge in [0.2, 0.25) is 5.78 Å². The molecule has 0 fully saturated rings. The molecule has 0 saturated carbocycles. The molecule has 7 heteroatoms. The van der Waals surface area contributed by atoms with Gasteiger partial charge in [0.1, 0.15) is 21.2 Å². The Bertz CT molecular complexity index is 595. The average molecular weight is 297 g/mol. The van der Waals surface area contributed by atoms with E-state index in [9.17, 15) is 4.79 Å². The number of aryl methyl sites for hydroxylation is 1. The number of ketones is 1. The average Bonchev–Trinajstić information content (AvgIpc) is 2.84. The van der Waals surface area contributed by atoms with Crippen LogP contribution in [-0.2, 0) is 0 Å². The summed E-state index contributed by atoms with van der Waals surface area (Å²) in [6.07, 6.45) is 0. The lowest BCUT2D eigenvalue weighted by molar-refractivity contribution is 0.103. The number of thiazole rings is 1. The number of H-pyrrole nitrogens is 1. The van der Waals surface area contributed by atoms with Crippen molar-refractivity contribution in [3.8, 4) is 6.07 Å². The molecule has 0 saturated heterocycles. The minimum atomic E-state index is -0.216. The number of aromatic nitrogens is 3. The van der Waals surface area contributed by atoms with E-state index in [0.29, 0.717) is 15.2 Å². The summed E-state index contributed by atoms with van der Waals surface area (Å²) < 4.78 is 0.521. The summed E-state index contributed by atoms with van der Waals surface area (Å²) in [6, 6.07) is 3.28. The van der Waals surface area contributed by atoms with Crippen molar-refractivity contribution >= 4 is 33.0 Å². The summed E-state index contributed by atoms with van der Waals surface area (Å²) in [6.45, 7) is 1.82. The third-order valence-electron chi connectivity index (χ3n) is 1.84. The molecule has 0 aliphatic heterocycles. The summed E-state index contributed by atoms with van der Waals surface area (Å²) >= 11 is 4.51. The van der Waals surface area contributed by atoms with Gasteiger partial charge in [-0.25, -0.2) is 4.98 Å². The van der Waals surface area contributed by atoms with Crippen LogP contribution >= 0.6 is 27.3 Å². The largest absolute Gasteiger partial charge is 0.286 e. The highest BCUT2D eigenvalue weighted by atomic mass is 79.9. The lowest BCUT2D eigenvalue weighted by Gasteiger charge is -1.92. The molecule has 2 rings (SSSR count). The van der Waals surface area contributed by atoms with Crippen molar-refractivity contribution in [3.63, 3.8) is 0 Å². The molecule has 2 aromatic heterocycles. The van der Waals surface area contributed by atoms with Crippen LogP contribution < -0.4 is 0 Å². The molecule has 2 aromatic rings. The molecule has 0 atom stereocenters. The van der Waals surface area contributed by atoms with Gasteiger partial charge in [-0.2, -0.15) is 10.4 Å². The molecular formula is C9H5BrN4OS. The van der Waals surface area contributed by atoms with E-state index in [1.54, 1.807) is 0 Å². The second-order valence-corrected chi connectivity index (χ2v) is 4.91. The van der Waals surface area contributed by atoms with Crippen molar-refractivity contribution in [2.45, 2.75) is 6.92 Å². The molecule has 0 unspecified atom stereocenters. The highest BCUT2D eigenvalue weighted by molar-refractivity contribution is 9.10. The van der Waals surface area contributed by atoms with E-state index in [-0.39, 0.29) is 11.5 Å². The molecule has 2 heterocycles. The van der Waals surface area contributed by atoms with Crippen LogP contribution in [0.1, 0.15) is 26.1 Å². The summed E-state index contributed by atoms with van der Waals surface area (Å²) in [5, 5.41) is 15.6. The number of carbonyl (C=O) groups is 1. The number of hydrogen-bond acceptors (Lipinski definition) is 5. The van der Waals surface area contributed by atoms with Gasteiger partial charge in [0.05, 0.1) is 5.01 Å². The lowest BCUT2D eigenvalue weighted by atomic mass is 10.2. The maximum atomic E-state index is 12.0. The maximum Gasteiger partial charge on any atom is 0.223 e. The molecule has 5 nitrogen and oxygen atoms in total. The van der Waals surface area contributed by atoms with E-state index in [1.165, 1.54) is 17.4 Å². The van der Waals surface area contributed by atoms with Gasteiger partial charge >= 0.3 is 0 Å². The lowest BCUT2D eigenvalue weighted by Crippen LogP contribution is -1.99. The van der Waals surface area contributed by atoms with Gasteiger partial charge in [0, 0.05) is 6.07 Å². The molecule has 0 bridgehead atoms. The van der Waals surface area contributed by atoms with Gasteiger partial charge < -0.3 is 0 Å². The topological polar surface area (TPSA) is 82.4 Å². The first-order valence-electron chi connectivity index (χ1n) is 4.25. The quantitative estimate of drug-likeness (QED) is 0.860. The molecule has 0 spiro atoms. The van der Waals surface area contributed by atoms with Gasteiger partial charge in [0.25, 0.3) is 0 Å². The van der Waals surface area contributed by atoms with Crippen LogP contribution in [0.15, 0.2) is 10.7 Å². The molecule has 0 amide bonds. The summed E-state index contributed by atoms with van der Waals surface area (Å²) in [5.41, 5.74) is 0.488. The van der Waals surface area contributed by atoms with Crippen LogP contribution in [0.3, 0.4) is 0 Å². The van der Waals surface area contributed by atoms with Gasteiger partial charge in [0.15, 0.2) is 5.69 Å². The summed E-state index contributed by atoms with van der Waals surface area (Å²) in [7, 11) is 0. The van der Waals surface area contributed by atoms with Crippen LogP contribution in [-0.4, -0.2) is 21.0 Å². The Balaban J connectivity index is 2.39. The predicted molar refractivity (Wildman–Crippen MR) is 61.3 cm³/mol. The Morgan fingerprint density at radius 2 is 2.44 bits per heavy atom. The Morgan fingerprint density at radius 3 is 2.94 bits per heavy atom. The standard InChI is InChI=1S/C9H5BrN4OS/c1-4-12-9(10)8(16-4)7(15)6-2-5(3-11)13-14-6/h2H,1H3,(H,13,14).